The molecule has 0 saturated carbocycles. The van der Waals surface area contributed by atoms with Gasteiger partial charge < -0.3 is 5.32 Å². The molecule has 0 aliphatic rings. The fraction of sp³-hybridized carbons (Fsp3) is 0.100. The Morgan fingerprint density at radius 3 is 2.58 bits per heavy atom. The SMILES string of the molecule is Cc1cccc(-c2ccc3nc(Nc4ccccc4C)nn3c2)c1. The number of rotatable bonds is 3. The lowest BCUT2D eigenvalue weighted by atomic mass is 10.1. The average molecular weight is 314 g/mol. The lowest BCUT2D eigenvalue weighted by molar-refractivity contribution is 0.966. The minimum Gasteiger partial charge on any atom is -0.323 e. The van der Waals surface area contributed by atoms with Crippen molar-refractivity contribution in [1.29, 1.82) is 0 Å². The highest BCUT2D eigenvalue weighted by atomic mass is 15.3. The smallest absolute Gasteiger partial charge is 0.247 e. The maximum atomic E-state index is 4.55. The number of anilines is 2. The number of nitrogens with zero attached hydrogens (tertiary/aromatic N) is 3. The zero-order valence-corrected chi connectivity index (χ0v) is 13.7. The first kappa shape index (κ1) is 14.5. The number of aryl methyl sites for hydroxylation is 2. The molecular weight excluding hydrogens is 296 g/mol. The van der Waals surface area contributed by atoms with Crippen LogP contribution in [0.1, 0.15) is 11.1 Å². The summed E-state index contributed by atoms with van der Waals surface area (Å²) in [6.07, 6.45) is 2.01. The molecular formula is C20H18N4. The minimum atomic E-state index is 0.602. The van der Waals surface area contributed by atoms with Crippen LogP contribution in [0.15, 0.2) is 66.9 Å². The zero-order chi connectivity index (χ0) is 16.5. The summed E-state index contributed by atoms with van der Waals surface area (Å²) in [6, 6.07) is 20.6. The van der Waals surface area contributed by atoms with Gasteiger partial charge in [-0.2, -0.15) is 4.98 Å². The number of benzene rings is 2. The Hall–Kier alpha value is -3.14. The highest BCUT2D eigenvalue weighted by Gasteiger charge is 2.07. The molecule has 0 atom stereocenters. The summed E-state index contributed by atoms with van der Waals surface area (Å²) >= 11 is 0. The molecule has 2 heterocycles. The first-order valence-electron chi connectivity index (χ1n) is 7.95. The molecule has 24 heavy (non-hydrogen) atoms. The van der Waals surface area contributed by atoms with Crippen molar-refractivity contribution in [2.24, 2.45) is 0 Å². The fourth-order valence-corrected chi connectivity index (χ4v) is 2.77. The predicted octanol–water partition coefficient (Wildman–Crippen LogP) is 4.76. The van der Waals surface area contributed by atoms with Crippen LogP contribution in [0.2, 0.25) is 0 Å². The molecule has 0 radical (unpaired) electrons. The number of fused-ring (bicyclic) bond motifs is 1. The highest BCUT2D eigenvalue weighted by Crippen LogP contribution is 2.22. The van der Waals surface area contributed by atoms with E-state index < -0.39 is 0 Å². The van der Waals surface area contributed by atoms with Gasteiger partial charge in [0.05, 0.1) is 0 Å². The largest absolute Gasteiger partial charge is 0.323 e. The van der Waals surface area contributed by atoms with Crippen LogP contribution >= 0.6 is 0 Å². The Bertz CT molecular complexity index is 1020. The summed E-state index contributed by atoms with van der Waals surface area (Å²) < 4.78 is 1.82. The van der Waals surface area contributed by atoms with E-state index in [-0.39, 0.29) is 0 Å². The van der Waals surface area contributed by atoms with Gasteiger partial charge in [0.15, 0.2) is 5.65 Å². The Labute approximate surface area is 140 Å². The molecule has 4 heteroatoms. The second kappa shape index (κ2) is 5.81. The summed E-state index contributed by atoms with van der Waals surface area (Å²) in [6.45, 7) is 4.16. The third-order valence-electron chi connectivity index (χ3n) is 4.07. The van der Waals surface area contributed by atoms with Gasteiger partial charge in [-0.15, -0.1) is 5.10 Å². The summed E-state index contributed by atoms with van der Waals surface area (Å²) in [5.41, 5.74) is 6.55. The minimum absolute atomic E-state index is 0.602. The lowest BCUT2D eigenvalue weighted by Gasteiger charge is -2.04. The standard InChI is InChI=1S/C20H18N4/c1-14-6-5-8-16(12-14)17-10-11-19-22-20(23-24(19)13-17)21-18-9-4-3-7-15(18)2/h3-13H,1-2H3,(H,21,23). The number of para-hydroxylation sites is 1. The van der Waals surface area contributed by atoms with Crippen molar-refractivity contribution >= 4 is 17.3 Å². The summed E-state index contributed by atoms with van der Waals surface area (Å²) in [5, 5.41) is 7.84. The third-order valence-corrected chi connectivity index (χ3v) is 4.07. The van der Waals surface area contributed by atoms with Crippen LogP contribution in [0.5, 0.6) is 0 Å². The molecule has 2 aromatic carbocycles. The lowest BCUT2D eigenvalue weighted by Crippen LogP contribution is -1.95. The normalized spacial score (nSPS) is 10.9. The predicted molar refractivity (Wildman–Crippen MR) is 97.6 cm³/mol. The molecule has 4 aromatic rings. The molecule has 0 bridgehead atoms. The fourth-order valence-electron chi connectivity index (χ4n) is 2.77. The number of hydrogen-bond donors (Lipinski definition) is 1. The van der Waals surface area contributed by atoms with E-state index in [1.54, 1.807) is 0 Å². The van der Waals surface area contributed by atoms with Crippen molar-refractivity contribution in [3.8, 4) is 11.1 Å². The van der Waals surface area contributed by atoms with E-state index in [4.69, 9.17) is 0 Å². The van der Waals surface area contributed by atoms with Crippen LogP contribution in [0, 0.1) is 13.8 Å². The van der Waals surface area contributed by atoms with Crippen LogP contribution < -0.4 is 5.32 Å². The van der Waals surface area contributed by atoms with Gasteiger partial charge in [0, 0.05) is 17.4 Å². The molecule has 0 spiro atoms. The van der Waals surface area contributed by atoms with Crippen LogP contribution in [-0.2, 0) is 0 Å². The van der Waals surface area contributed by atoms with Gasteiger partial charge in [-0.1, -0.05) is 48.0 Å². The molecule has 4 rings (SSSR count). The van der Waals surface area contributed by atoms with Gasteiger partial charge in [-0.25, -0.2) is 4.52 Å². The first-order chi connectivity index (χ1) is 11.7. The van der Waals surface area contributed by atoms with E-state index >= 15 is 0 Å². The van der Waals surface area contributed by atoms with Gasteiger partial charge in [-0.05, 0) is 43.2 Å². The maximum Gasteiger partial charge on any atom is 0.247 e. The quantitative estimate of drug-likeness (QED) is 0.593. The number of pyridine rings is 1. The topological polar surface area (TPSA) is 42.2 Å². The van der Waals surface area contributed by atoms with Gasteiger partial charge in [-0.3, -0.25) is 0 Å². The molecule has 2 aromatic heterocycles. The molecule has 4 nitrogen and oxygen atoms in total. The Kier molecular flexibility index (Phi) is 3.50. The van der Waals surface area contributed by atoms with Gasteiger partial charge >= 0.3 is 0 Å². The summed E-state index contributed by atoms with van der Waals surface area (Å²) in [7, 11) is 0. The van der Waals surface area contributed by atoms with E-state index in [0.29, 0.717) is 5.95 Å². The Morgan fingerprint density at radius 1 is 0.875 bits per heavy atom. The Balaban J connectivity index is 1.70. The van der Waals surface area contributed by atoms with Crippen LogP contribution in [0.3, 0.4) is 0 Å². The number of aromatic nitrogens is 3. The maximum absolute atomic E-state index is 4.55. The van der Waals surface area contributed by atoms with E-state index in [1.165, 1.54) is 11.1 Å². The molecule has 0 aliphatic heterocycles. The van der Waals surface area contributed by atoms with Crippen LogP contribution in [0.4, 0.5) is 11.6 Å². The molecule has 0 saturated heterocycles. The van der Waals surface area contributed by atoms with Crippen molar-refractivity contribution in [3.05, 3.63) is 78.0 Å². The molecule has 1 N–H and O–H groups in total. The summed E-state index contributed by atoms with van der Waals surface area (Å²) in [4.78, 5) is 4.54. The molecule has 118 valence electrons. The van der Waals surface area contributed by atoms with E-state index in [1.807, 2.05) is 35.0 Å². The van der Waals surface area contributed by atoms with Crippen molar-refractivity contribution in [2.75, 3.05) is 5.32 Å². The molecule has 0 aliphatic carbocycles. The highest BCUT2D eigenvalue weighted by molar-refractivity contribution is 5.66. The van der Waals surface area contributed by atoms with E-state index in [2.05, 4.69) is 65.6 Å². The monoisotopic (exact) mass is 314 g/mol. The van der Waals surface area contributed by atoms with Gasteiger partial charge in [0.1, 0.15) is 0 Å². The number of hydrogen-bond acceptors (Lipinski definition) is 3. The first-order valence-corrected chi connectivity index (χ1v) is 7.95. The molecule has 0 fully saturated rings. The van der Waals surface area contributed by atoms with Crippen molar-refractivity contribution in [3.63, 3.8) is 0 Å². The number of nitrogens with one attached hydrogen (secondary N) is 1. The van der Waals surface area contributed by atoms with Gasteiger partial charge in [0.2, 0.25) is 5.95 Å². The van der Waals surface area contributed by atoms with Gasteiger partial charge in [0.25, 0.3) is 0 Å². The summed E-state index contributed by atoms with van der Waals surface area (Å²) in [5.74, 6) is 0.602. The second-order valence-corrected chi connectivity index (χ2v) is 5.97. The van der Waals surface area contributed by atoms with E-state index in [9.17, 15) is 0 Å². The van der Waals surface area contributed by atoms with Crippen molar-refractivity contribution in [2.45, 2.75) is 13.8 Å². The van der Waals surface area contributed by atoms with Crippen molar-refractivity contribution < 1.29 is 0 Å². The zero-order valence-electron chi connectivity index (χ0n) is 13.7. The Morgan fingerprint density at radius 2 is 1.75 bits per heavy atom. The molecule has 0 amide bonds. The second-order valence-electron chi connectivity index (χ2n) is 5.97. The van der Waals surface area contributed by atoms with Crippen molar-refractivity contribution in [1.82, 2.24) is 14.6 Å². The van der Waals surface area contributed by atoms with E-state index in [0.717, 1.165) is 22.5 Å². The van der Waals surface area contributed by atoms with Crippen LogP contribution in [0.25, 0.3) is 16.8 Å². The van der Waals surface area contributed by atoms with Crippen LogP contribution in [-0.4, -0.2) is 14.6 Å². The molecule has 0 unspecified atom stereocenters. The average Bonchev–Trinajstić information content (AvgIpc) is 2.98. The third kappa shape index (κ3) is 2.74.